The minimum absolute atomic E-state index is 0. The van der Waals surface area contributed by atoms with Crippen LogP contribution in [0.4, 0.5) is 0 Å². The molecule has 1 aromatic heterocycles. The highest BCUT2D eigenvalue weighted by Crippen LogP contribution is 2.43. The fraction of sp³-hybridized carbons (Fsp3) is 0.850. The number of nitrogens with zero attached hydrogens (tertiary/aromatic N) is 5. The summed E-state index contributed by atoms with van der Waals surface area (Å²) < 4.78 is 7.82. The van der Waals surface area contributed by atoms with Crippen molar-refractivity contribution in [1.29, 1.82) is 0 Å². The van der Waals surface area contributed by atoms with Gasteiger partial charge in [0, 0.05) is 33.3 Å². The number of hydrogen-bond acceptors (Lipinski definition) is 4. The van der Waals surface area contributed by atoms with Crippen LogP contribution in [0.5, 0.6) is 0 Å². The second kappa shape index (κ2) is 9.73. The van der Waals surface area contributed by atoms with Crippen molar-refractivity contribution in [2.45, 2.75) is 70.9 Å². The molecule has 2 aliphatic heterocycles. The zero-order valence-electron chi connectivity index (χ0n) is 17.3. The zero-order valence-corrected chi connectivity index (χ0v) is 19.7. The first-order valence-corrected chi connectivity index (χ1v) is 10.6. The van der Waals surface area contributed by atoms with Gasteiger partial charge in [-0.2, -0.15) is 0 Å². The maximum Gasteiger partial charge on any atom is 0.194 e. The van der Waals surface area contributed by atoms with Gasteiger partial charge < -0.3 is 19.5 Å². The van der Waals surface area contributed by atoms with Gasteiger partial charge in [0.1, 0.15) is 12.4 Å². The summed E-state index contributed by atoms with van der Waals surface area (Å²) in [6, 6.07) is 0. The molecule has 158 valence electrons. The van der Waals surface area contributed by atoms with E-state index in [0.717, 1.165) is 50.3 Å². The molecule has 1 saturated carbocycles. The fourth-order valence-corrected chi connectivity index (χ4v) is 4.84. The Morgan fingerprint density at radius 2 is 2.04 bits per heavy atom. The molecule has 0 bridgehead atoms. The van der Waals surface area contributed by atoms with Crippen molar-refractivity contribution in [3.8, 4) is 0 Å². The van der Waals surface area contributed by atoms with E-state index < -0.39 is 0 Å². The molecule has 1 unspecified atom stereocenters. The largest absolute Gasteiger partial charge is 0.376 e. The molecule has 4 rings (SSSR count). The number of hydrogen-bond donors (Lipinski definition) is 1. The lowest BCUT2D eigenvalue weighted by Crippen LogP contribution is -2.44. The van der Waals surface area contributed by atoms with Gasteiger partial charge in [-0.25, -0.2) is 4.99 Å². The minimum Gasteiger partial charge on any atom is -0.376 e. The van der Waals surface area contributed by atoms with Crippen molar-refractivity contribution in [3.63, 3.8) is 0 Å². The Balaban J connectivity index is 0.00000225. The standard InChI is InChI=1S/C20H34N6O.HI/c1-16-23-24-18(25(16)2)14-22-19(21-13-17-7-6-12-27-17)26-11-10-20(15-26)8-4-3-5-9-20;/h17H,3-15H2,1-2H3,(H,21,22);1H. The molecule has 3 aliphatic rings. The molecule has 0 radical (unpaired) electrons. The average Bonchev–Trinajstić information content (AvgIpc) is 3.40. The predicted octanol–water partition coefficient (Wildman–Crippen LogP) is 3.02. The smallest absolute Gasteiger partial charge is 0.194 e. The number of aromatic nitrogens is 3. The Morgan fingerprint density at radius 3 is 2.71 bits per heavy atom. The topological polar surface area (TPSA) is 67.6 Å². The highest BCUT2D eigenvalue weighted by atomic mass is 127. The van der Waals surface area contributed by atoms with Crippen LogP contribution < -0.4 is 5.32 Å². The second-order valence-electron chi connectivity index (χ2n) is 8.61. The van der Waals surface area contributed by atoms with Crippen molar-refractivity contribution in [2.24, 2.45) is 17.5 Å². The molecule has 0 amide bonds. The highest BCUT2D eigenvalue weighted by molar-refractivity contribution is 14.0. The van der Waals surface area contributed by atoms with E-state index in [1.165, 1.54) is 44.9 Å². The Labute approximate surface area is 185 Å². The fourth-order valence-electron chi connectivity index (χ4n) is 4.84. The molecule has 0 aromatic carbocycles. The SMILES string of the molecule is Cc1nnc(CN=C(NCC2CCCO2)N2CCC3(CCCCC3)C2)n1C.I. The normalized spacial score (nSPS) is 24.6. The predicted molar refractivity (Wildman–Crippen MR) is 121 cm³/mol. The van der Waals surface area contributed by atoms with Crippen LogP contribution in [0.2, 0.25) is 0 Å². The first-order valence-electron chi connectivity index (χ1n) is 10.6. The first kappa shape index (κ1) is 21.8. The third-order valence-electron chi connectivity index (χ3n) is 6.72. The molecule has 7 nitrogen and oxygen atoms in total. The van der Waals surface area contributed by atoms with Crippen LogP contribution in [-0.4, -0.2) is 58.0 Å². The number of rotatable bonds is 4. The van der Waals surface area contributed by atoms with Gasteiger partial charge in [0.2, 0.25) is 0 Å². The second-order valence-corrected chi connectivity index (χ2v) is 8.61. The van der Waals surface area contributed by atoms with Crippen LogP contribution >= 0.6 is 24.0 Å². The van der Waals surface area contributed by atoms with E-state index in [9.17, 15) is 0 Å². The molecule has 8 heteroatoms. The summed E-state index contributed by atoms with van der Waals surface area (Å²) in [7, 11) is 2.01. The first-order chi connectivity index (χ1) is 13.2. The van der Waals surface area contributed by atoms with Crippen LogP contribution in [0.3, 0.4) is 0 Å². The maximum absolute atomic E-state index is 5.80. The number of nitrogens with one attached hydrogen (secondary N) is 1. The van der Waals surface area contributed by atoms with E-state index in [-0.39, 0.29) is 24.0 Å². The molecule has 3 heterocycles. The molecule has 1 N–H and O–H groups in total. The highest BCUT2D eigenvalue weighted by Gasteiger charge is 2.40. The summed E-state index contributed by atoms with van der Waals surface area (Å²) in [6.45, 7) is 6.53. The zero-order chi connectivity index (χ0) is 18.7. The Bertz CT molecular complexity index is 664. The van der Waals surface area contributed by atoms with Gasteiger partial charge >= 0.3 is 0 Å². The average molecular weight is 502 g/mol. The summed E-state index contributed by atoms with van der Waals surface area (Å²) in [5.41, 5.74) is 0.520. The molecular weight excluding hydrogens is 467 g/mol. The summed E-state index contributed by atoms with van der Waals surface area (Å²) in [5, 5.41) is 12.0. The quantitative estimate of drug-likeness (QED) is 0.390. The number of aliphatic imine (C=N–C) groups is 1. The Morgan fingerprint density at radius 1 is 1.21 bits per heavy atom. The van der Waals surface area contributed by atoms with E-state index in [0.29, 0.717) is 18.1 Å². The third kappa shape index (κ3) is 4.98. The Kier molecular flexibility index (Phi) is 7.58. The van der Waals surface area contributed by atoms with Crippen molar-refractivity contribution in [2.75, 3.05) is 26.2 Å². The number of halogens is 1. The van der Waals surface area contributed by atoms with Gasteiger partial charge in [-0.15, -0.1) is 34.2 Å². The van der Waals surface area contributed by atoms with Crippen molar-refractivity contribution in [1.82, 2.24) is 25.0 Å². The van der Waals surface area contributed by atoms with Gasteiger partial charge in [-0.1, -0.05) is 19.3 Å². The number of likely N-dealkylation sites (tertiary alicyclic amines) is 1. The molecule has 1 aromatic rings. The van der Waals surface area contributed by atoms with E-state index in [2.05, 4.69) is 20.4 Å². The van der Waals surface area contributed by atoms with E-state index >= 15 is 0 Å². The lowest BCUT2D eigenvalue weighted by Gasteiger charge is -2.33. The van der Waals surface area contributed by atoms with Crippen LogP contribution in [-0.2, 0) is 18.3 Å². The maximum atomic E-state index is 5.80. The number of aryl methyl sites for hydroxylation is 1. The Hall–Kier alpha value is -0.900. The summed E-state index contributed by atoms with van der Waals surface area (Å²) in [6.07, 6.45) is 10.9. The molecule has 1 atom stereocenters. The number of guanidine groups is 1. The van der Waals surface area contributed by atoms with Gasteiger partial charge in [0.25, 0.3) is 0 Å². The van der Waals surface area contributed by atoms with Crippen LogP contribution in [0.15, 0.2) is 4.99 Å². The monoisotopic (exact) mass is 502 g/mol. The summed E-state index contributed by atoms with van der Waals surface area (Å²) in [5.74, 6) is 2.86. The molecule has 2 saturated heterocycles. The molecule has 1 aliphatic carbocycles. The van der Waals surface area contributed by atoms with Crippen LogP contribution in [0.1, 0.15) is 63.0 Å². The molecule has 3 fully saturated rings. The third-order valence-corrected chi connectivity index (χ3v) is 6.72. The lowest BCUT2D eigenvalue weighted by atomic mass is 9.73. The lowest BCUT2D eigenvalue weighted by molar-refractivity contribution is 0.113. The van der Waals surface area contributed by atoms with Gasteiger partial charge in [0.05, 0.1) is 6.10 Å². The van der Waals surface area contributed by atoms with Crippen LogP contribution in [0, 0.1) is 12.3 Å². The van der Waals surface area contributed by atoms with Gasteiger partial charge in [-0.05, 0) is 44.4 Å². The number of ether oxygens (including phenoxy) is 1. The van der Waals surface area contributed by atoms with E-state index in [1.807, 2.05) is 18.5 Å². The van der Waals surface area contributed by atoms with Crippen molar-refractivity contribution >= 4 is 29.9 Å². The summed E-state index contributed by atoms with van der Waals surface area (Å²) >= 11 is 0. The van der Waals surface area contributed by atoms with Crippen LogP contribution in [0.25, 0.3) is 0 Å². The van der Waals surface area contributed by atoms with E-state index in [4.69, 9.17) is 9.73 Å². The van der Waals surface area contributed by atoms with E-state index in [1.54, 1.807) is 0 Å². The summed E-state index contributed by atoms with van der Waals surface area (Å²) in [4.78, 5) is 7.42. The molecular formula is C20H35IN6O. The molecule has 1 spiro atoms. The van der Waals surface area contributed by atoms with Gasteiger partial charge in [-0.3, -0.25) is 0 Å². The van der Waals surface area contributed by atoms with Gasteiger partial charge in [0.15, 0.2) is 11.8 Å². The molecule has 28 heavy (non-hydrogen) atoms. The van der Waals surface area contributed by atoms with Crippen molar-refractivity contribution < 1.29 is 4.74 Å². The van der Waals surface area contributed by atoms with Crippen molar-refractivity contribution in [3.05, 3.63) is 11.6 Å². The minimum atomic E-state index is 0.